The molecule has 3 rings (SSSR count). The summed E-state index contributed by atoms with van der Waals surface area (Å²) in [5, 5.41) is 1.40. The summed E-state index contributed by atoms with van der Waals surface area (Å²) in [5.74, 6) is -0.567. The van der Waals surface area contributed by atoms with Crippen molar-refractivity contribution in [1.82, 2.24) is 4.90 Å². The lowest BCUT2D eigenvalue weighted by Crippen LogP contribution is -2.41. The van der Waals surface area contributed by atoms with Gasteiger partial charge >= 0.3 is 0 Å². The molecule has 1 aromatic heterocycles. The van der Waals surface area contributed by atoms with Crippen molar-refractivity contribution in [1.29, 1.82) is 0 Å². The van der Waals surface area contributed by atoms with Gasteiger partial charge in [-0.15, -0.1) is 11.3 Å². The normalized spacial score (nSPS) is 16.4. The number of carbonyl (C=O) groups is 1. The molecule has 2 heterocycles. The van der Waals surface area contributed by atoms with E-state index >= 15 is 0 Å². The molecule has 0 saturated carbocycles. The van der Waals surface area contributed by atoms with E-state index < -0.39 is 20.9 Å². The molecule has 2 aromatic rings. The summed E-state index contributed by atoms with van der Waals surface area (Å²) < 4.78 is 38.2. The minimum Gasteiger partial charge on any atom is -0.339 e. The van der Waals surface area contributed by atoms with E-state index in [-0.39, 0.29) is 10.8 Å². The van der Waals surface area contributed by atoms with Crippen LogP contribution in [0.2, 0.25) is 0 Å². The number of halogens is 1. The highest BCUT2D eigenvalue weighted by atomic mass is 32.2. The van der Waals surface area contributed by atoms with Crippen molar-refractivity contribution in [3.63, 3.8) is 0 Å². The van der Waals surface area contributed by atoms with Gasteiger partial charge in [-0.3, -0.25) is 4.79 Å². The van der Waals surface area contributed by atoms with E-state index in [9.17, 15) is 17.6 Å². The second kappa shape index (κ2) is 7.49. The third kappa shape index (κ3) is 4.16. The zero-order valence-electron chi connectivity index (χ0n) is 13.5. The van der Waals surface area contributed by atoms with Gasteiger partial charge in [-0.1, -0.05) is 6.07 Å². The zero-order chi connectivity index (χ0) is 17.9. The molecule has 0 aliphatic carbocycles. The topological polar surface area (TPSA) is 54.5 Å². The van der Waals surface area contributed by atoms with Gasteiger partial charge in [0.25, 0.3) is 0 Å². The van der Waals surface area contributed by atoms with Crippen molar-refractivity contribution < 1.29 is 17.6 Å². The van der Waals surface area contributed by atoms with Crippen molar-refractivity contribution in [3.8, 4) is 0 Å². The predicted molar refractivity (Wildman–Crippen MR) is 96.5 cm³/mol. The Morgan fingerprint density at radius 3 is 2.44 bits per heavy atom. The molecule has 0 atom stereocenters. The molecule has 1 aliphatic rings. The highest BCUT2D eigenvalue weighted by molar-refractivity contribution is 7.92. The van der Waals surface area contributed by atoms with Crippen molar-refractivity contribution in [2.45, 2.75) is 23.0 Å². The molecule has 1 aliphatic heterocycles. The number of hydrogen-bond donors (Lipinski definition) is 0. The number of benzene rings is 1. The van der Waals surface area contributed by atoms with Gasteiger partial charge in [0.05, 0.1) is 10.1 Å². The lowest BCUT2D eigenvalue weighted by molar-refractivity contribution is -0.126. The Morgan fingerprint density at radius 1 is 1.16 bits per heavy atom. The highest BCUT2D eigenvalue weighted by Crippen LogP contribution is 2.25. The van der Waals surface area contributed by atoms with E-state index in [1.807, 2.05) is 17.5 Å². The SMILES string of the molecule is O=C(/C=C/c1cccs1)N1CCC(S(=O)(=O)c2ccc(F)cc2)CC1. The van der Waals surface area contributed by atoms with Crippen LogP contribution in [0.5, 0.6) is 0 Å². The summed E-state index contributed by atoms with van der Waals surface area (Å²) >= 11 is 1.55. The number of sulfone groups is 1. The van der Waals surface area contributed by atoms with Crippen LogP contribution in [0.3, 0.4) is 0 Å². The van der Waals surface area contributed by atoms with Crippen LogP contribution >= 0.6 is 11.3 Å². The number of likely N-dealkylation sites (tertiary alicyclic amines) is 1. The first kappa shape index (κ1) is 17.8. The lowest BCUT2D eigenvalue weighted by atomic mass is 10.1. The summed E-state index contributed by atoms with van der Waals surface area (Å²) in [6, 6.07) is 8.75. The first-order valence-corrected chi connectivity index (χ1v) is 10.4. The minimum absolute atomic E-state index is 0.106. The molecule has 0 spiro atoms. The molecule has 132 valence electrons. The second-order valence-electron chi connectivity index (χ2n) is 5.87. The molecular weight excluding hydrogens is 361 g/mol. The summed E-state index contributed by atoms with van der Waals surface area (Å²) in [5.41, 5.74) is 0. The molecule has 0 bridgehead atoms. The van der Waals surface area contributed by atoms with E-state index in [0.717, 1.165) is 17.0 Å². The first-order valence-electron chi connectivity index (χ1n) is 7.97. The van der Waals surface area contributed by atoms with Crippen molar-refractivity contribution in [2.75, 3.05) is 13.1 Å². The van der Waals surface area contributed by atoms with Crippen LogP contribution in [0.1, 0.15) is 17.7 Å². The molecule has 25 heavy (non-hydrogen) atoms. The van der Waals surface area contributed by atoms with Crippen molar-refractivity contribution in [3.05, 3.63) is 58.5 Å². The Hall–Kier alpha value is -1.99. The van der Waals surface area contributed by atoms with Gasteiger partial charge in [0.1, 0.15) is 5.82 Å². The van der Waals surface area contributed by atoms with Gasteiger partial charge in [-0.25, -0.2) is 12.8 Å². The number of piperidine rings is 1. The zero-order valence-corrected chi connectivity index (χ0v) is 15.1. The van der Waals surface area contributed by atoms with Crippen LogP contribution in [-0.2, 0) is 14.6 Å². The molecular formula is C18H18FNO3S2. The number of hydrogen-bond acceptors (Lipinski definition) is 4. The maximum Gasteiger partial charge on any atom is 0.246 e. The van der Waals surface area contributed by atoms with Crippen molar-refractivity contribution in [2.24, 2.45) is 0 Å². The number of rotatable bonds is 4. The minimum atomic E-state index is -3.50. The number of carbonyl (C=O) groups excluding carboxylic acids is 1. The van der Waals surface area contributed by atoms with Gasteiger partial charge in [0.15, 0.2) is 9.84 Å². The summed E-state index contributed by atoms with van der Waals surface area (Å²) in [4.78, 5) is 15.0. The van der Waals surface area contributed by atoms with Crippen LogP contribution < -0.4 is 0 Å². The summed E-state index contributed by atoms with van der Waals surface area (Å²) in [6.07, 6.45) is 4.07. The largest absolute Gasteiger partial charge is 0.339 e. The van der Waals surface area contributed by atoms with Crippen LogP contribution in [0.4, 0.5) is 4.39 Å². The van der Waals surface area contributed by atoms with Crippen LogP contribution in [0.25, 0.3) is 6.08 Å². The lowest BCUT2D eigenvalue weighted by Gasteiger charge is -2.31. The first-order chi connectivity index (χ1) is 12.0. The highest BCUT2D eigenvalue weighted by Gasteiger charge is 2.32. The predicted octanol–water partition coefficient (Wildman–Crippen LogP) is 3.37. The Kier molecular flexibility index (Phi) is 5.34. The van der Waals surface area contributed by atoms with Gasteiger partial charge < -0.3 is 4.90 Å². The van der Waals surface area contributed by atoms with Gasteiger partial charge in [-0.2, -0.15) is 0 Å². The third-order valence-electron chi connectivity index (χ3n) is 4.27. The molecule has 1 amide bonds. The maximum absolute atomic E-state index is 13.0. The van der Waals surface area contributed by atoms with E-state index in [1.54, 1.807) is 22.3 Å². The quantitative estimate of drug-likeness (QED) is 0.605. The Morgan fingerprint density at radius 2 is 1.84 bits per heavy atom. The molecule has 1 aromatic carbocycles. The summed E-state index contributed by atoms with van der Waals surface area (Å²) in [7, 11) is -3.50. The molecule has 7 heteroatoms. The molecule has 1 fully saturated rings. The smallest absolute Gasteiger partial charge is 0.246 e. The van der Waals surface area contributed by atoms with Crippen LogP contribution in [0.15, 0.2) is 52.7 Å². The Labute approximate surface area is 150 Å². The Bertz CT molecular complexity index is 850. The van der Waals surface area contributed by atoms with E-state index in [2.05, 4.69) is 0 Å². The molecule has 0 N–H and O–H groups in total. The number of nitrogens with zero attached hydrogens (tertiary/aromatic N) is 1. The second-order valence-corrected chi connectivity index (χ2v) is 9.08. The van der Waals surface area contributed by atoms with E-state index in [0.29, 0.717) is 25.9 Å². The number of amides is 1. The molecule has 4 nitrogen and oxygen atoms in total. The van der Waals surface area contributed by atoms with Gasteiger partial charge in [0.2, 0.25) is 5.91 Å². The average molecular weight is 379 g/mol. The fourth-order valence-electron chi connectivity index (χ4n) is 2.85. The van der Waals surface area contributed by atoms with Crippen LogP contribution in [0, 0.1) is 5.82 Å². The molecule has 0 radical (unpaired) electrons. The standard InChI is InChI=1S/C18H18FNO3S2/c19-14-3-6-16(7-4-14)25(22,23)17-9-11-20(12-10-17)18(21)8-5-15-2-1-13-24-15/h1-8,13,17H,9-12H2/b8-5+. The van der Waals surface area contributed by atoms with Gasteiger partial charge in [0, 0.05) is 24.0 Å². The summed E-state index contributed by atoms with van der Waals surface area (Å²) in [6.45, 7) is 0.803. The molecule has 1 saturated heterocycles. The van der Waals surface area contributed by atoms with Crippen LogP contribution in [-0.4, -0.2) is 37.6 Å². The molecule has 0 unspecified atom stereocenters. The maximum atomic E-state index is 13.0. The van der Waals surface area contributed by atoms with E-state index in [1.165, 1.54) is 18.2 Å². The van der Waals surface area contributed by atoms with Crippen molar-refractivity contribution >= 4 is 33.2 Å². The fraction of sp³-hybridized carbons (Fsp3) is 0.278. The number of thiophene rings is 1. The monoisotopic (exact) mass is 379 g/mol. The third-order valence-corrected chi connectivity index (χ3v) is 7.38. The van der Waals surface area contributed by atoms with Gasteiger partial charge in [-0.05, 0) is 54.6 Å². The van der Waals surface area contributed by atoms with E-state index in [4.69, 9.17) is 0 Å². The fourth-order valence-corrected chi connectivity index (χ4v) is 5.20. The average Bonchev–Trinajstić information content (AvgIpc) is 3.14. The Balaban J connectivity index is 1.61.